The maximum Gasteiger partial charge on any atom is 0.267 e. The predicted molar refractivity (Wildman–Crippen MR) is 121 cm³/mol. The van der Waals surface area contributed by atoms with Gasteiger partial charge in [-0.25, -0.2) is 0 Å². The van der Waals surface area contributed by atoms with Crippen LogP contribution in [0.4, 0.5) is 5.69 Å². The lowest BCUT2D eigenvalue weighted by molar-refractivity contribution is 0.0753. The predicted octanol–water partition coefficient (Wildman–Crippen LogP) is 3.79. The summed E-state index contributed by atoms with van der Waals surface area (Å²) in [5, 5.41) is 8.18. The first-order valence-electron chi connectivity index (χ1n) is 10.1. The van der Waals surface area contributed by atoms with Gasteiger partial charge in [-0.1, -0.05) is 10.6 Å². The average Bonchev–Trinajstić information content (AvgIpc) is 3.28. The molecule has 0 saturated carbocycles. The summed E-state index contributed by atoms with van der Waals surface area (Å²) >= 11 is 6.88. The van der Waals surface area contributed by atoms with Gasteiger partial charge in [-0.05, 0) is 92.5 Å². The molecule has 8 heteroatoms. The maximum absolute atomic E-state index is 12.8. The molecule has 2 saturated heterocycles. The lowest BCUT2D eigenvalue weighted by atomic mass is 9.78. The first-order chi connectivity index (χ1) is 13.8. The molecule has 0 aliphatic carbocycles. The Balaban J connectivity index is 1.34. The van der Waals surface area contributed by atoms with Crippen LogP contribution in [-0.4, -0.2) is 56.6 Å². The van der Waals surface area contributed by atoms with Crippen molar-refractivity contribution >= 4 is 40.5 Å². The van der Waals surface area contributed by atoms with Crippen molar-refractivity contribution in [3.63, 3.8) is 0 Å². The molecule has 0 bridgehead atoms. The number of nitrogens with one attached hydrogen (secondary N) is 1. The van der Waals surface area contributed by atoms with E-state index in [1.807, 2.05) is 11.8 Å². The third-order valence-corrected chi connectivity index (χ3v) is 7.33. The molecule has 0 atom stereocenters. The summed E-state index contributed by atoms with van der Waals surface area (Å²) < 4.78 is 3.91. The molecule has 1 aromatic carbocycles. The summed E-state index contributed by atoms with van der Waals surface area (Å²) in [6, 6.07) is 6.42. The Hall–Kier alpha value is -2.06. The minimum atomic E-state index is 0.0869. The minimum Gasteiger partial charge on any atom is -0.349 e. The highest BCUT2D eigenvalue weighted by Crippen LogP contribution is 2.41. The fourth-order valence-electron chi connectivity index (χ4n) is 4.52. The molecule has 1 N–H and O–H groups in total. The smallest absolute Gasteiger partial charge is 0.267 e. The number of piperidine rings is 1. The van der Waals surface area contributed by atoms with Gasteiger partial charge < -0.3 is 15.1 Å². The molecular formula is C21H27N5OS2. The van der Waals surface area contributed by atoms with Crippen LogP contribution < -0.4 is 5.32 Å². The summed E-state index contributed by atoms with van der Waals surface area (Å²) in [6.45, 7) is 9.56. The third-order valence-electron chi connectivity index (χ3n) is 6.16. The molecule has 4 rings (SSSR count). The van der Waals surface area contributed by atoms with Crippen molar-refractivity contribution in [2.45, 2.75) is 40.0 Å². The summed E-state index contributed by atoms with van der Waals surface area (Å²) in [7, 11) is 0. The van der Waals surface area contributed by atoms with Crippen molar-refractivity contribution in [2.75, 3.05) is 31.5 Å². The first kappa shape index (κ1) is 20.2. The van der Waals surface area contributed by atoms with Crippen LogP contribution in [0.1, 0.15) is 45.8 Å². The van der Waals surface area contributed by atoms with Crippen molar-refractivity contribution in [1.29, 1.82) is 0 Å². The lowest BCUT2D eigenvalue weighted by Crippen LogP contribution is -2.46. The van der Waals surface area contributed by atoms with Crippen molar-refractivity contribution in [2.24, 2.45) is 5.41 Å². The number of carbonyl (C=O) groups excluding carboxylic acids is 1. The normalized spacial score (nSPS) is 18.3. The highest BCUT2D eigenvalue weighted by molar-refractivity contribution is 7.80. The summed E-state index contributed by atoms with van der Waals surface area (Å²) in [5.74, 6) is 0.0869. The van der Waals surface area contributed by atoms with Crippen LogP contribution >= 0.6 is 23.8 Å². The van der Waals surface area contributed by atoms with Gasteiger partial charge >= 0.3 is 0 Å². The second kappa shape index (κ2) is 7.99. The third kappa shape index (κ3) is 4.28. The second-order valence-electron chi connectivity index (χ2n) is 8.46. The van der Waals surface area contributed by atoms with Crippen molar-refractivity contribution < 1.29 is 4.79 Å². The molecule has 2 aromatic rings. The van der Waals surface area contributed by atoms with Crippen molar-refractivity contribution in [3.05, 3.63) is 39.9 Å². The van der Waals surface area contributed by atoms with Crippen LogP contribution in [0.25, 0.3) is 0 Å². The SMILES string of the molecule is Cc1cc(C)cc(NC(=S)N2CCC3(CCN(C(=O)c4snnc4C)C3)CC2)c1. The summed E-state index contributed by atoms with van der Waals surface area (Å²) in [6.07, 6.45) is 3.19. The van der Waals surface area contributed by atoms with E-state index in [0.29, 0.717) is 4.88 Å². The van der Waals surface area contributed by atoms with Gasteiger partial charge in [-0.15, -0.1) is 5.10 Å². The monoisotopic (exact) mass is 429 g/mol. The van der Waals surface area contributed by atoms with Gasteiger partial charge in [0, 0.05) is 31.9 Å². The van der Waals surface area contributed by atoms with Gasteiger partial charge in [-0.2, -0.15) is 0 Å². The molecule has 1 spiro atoms. The zero-order valence-electron chi connectivity index (χ0n) is 17.2. The average molecular weight is 430 g/mol. The number of nitrogens with zero attached hydrogens (tertiary/aromatic N) is 4. The highest BCUT2D eigenvalue weighted by Gasteiger charge is 2.43. The quantitative estimate of drug-likeness (QED) is 0.733. The fraction of sp³-hybridized carbons (Fsp3) is 0.524. The van der Waals surface area contributed by atoms with Crippen molar-refractivity contribution in [1.82, 2.24) is 19.4 Å². The number of aryl methyl sites for hydroxylation is 3. The van der Waals surface area contributed by atoms with Gasteiger partial charge in [0.1, 0.15) is 4.88 Å². The lowest BCUT2D eigenvalue weighted by Gasteiger charge is -2.40. The molecule has 0 unspecified atom stereocenters. The van der Waals surface area contributed by atoms with E-state index >= 15 is 0 Å². The molecule has 1 amide bonds. The van der Waals surface area contributed by atoms with E-state index in [1.165, 1.54) is 22.7 Å². The molecule has 6 nitrogen and oxygen atoms in total. The largest absolute Gasteiger partial charge is 0.349 e. The number of amides is 1. The standard InChI is InChI=1S/C21H27N5OS2/c1-14-10-15(2)12-17(11-14)22-20(28)25-7-4-21(5-8-25)6-9-26(13-21)19(27)18-16(3)23-24-29-18/h10-12H,4-9,13H2,1-3H3,(H,22,28). The van der Waals surface area contributed by atoms with E-state index in [1.54, 1.807) is 0 Å². The van der Waals surface area contributed by atoms with Crippen LogP contribution in [0.2, 0.25) is 0 Å². The molecule has 2 fully saturated rings. The Morgan fingerprint density at radius 1 is 1.07 bits per heavy atom. The van der Waals surface area contributed by atoms with Crippen LogP contribution in [0.3, 0.4) is 0 Å². The highest BCUT2D eigenvalue weighted by atomic mass is 32.1. The van der Waals surface area contributed by atoms with E-state index in [4.69, 9.17) is 12.2 Å². The Bertz CT molecular complexity index is 913. The number of aromatic nitrogens is 2. The molecular weight excluding hydrogens is 402 g/mol. The Morgan fingerprint density at radius 2 is 1.69 bits per heavy atom. The number of anilines is 1. The van der Waals surface area contributed by atoms with Gasteiger partial charge in [0.15, 0.2) is 5.11 Å². The zero-order valence-corrected chi connectivity index (χ0v) is 18.8. The maximum atomic E-state index is 12.8. The molecule has 29 heavy (non-hydrogen) atoms. The van der Waals surface area contributed by atoms with E-state index in [2.05, 4.69) is 51.9 Å². The second-order valence-corrected chi connectivity index (χ2v) is 9.60. The topological polar surface area (TPSA) is 61.4 Å². The molecule has 0 radical (unpaired) electrons. The van der Waals surface area contributed by atoms with Crippen LogP contribution in [0.15, 0.2) is 18.2 Å². The summed E-state index contributed by atoms with van der Waals surface area (Å²) in [5.41, 5.74) is 4.47. The number of likely N-dealkylation sites (tertiary alicyclic amines) is 2. The van der Waals surface area contributed by atoms with Crippen LogP contribution in [0, 0.1) is 26.2 Å². The molecule has 3 heterocycles. The van der Waals surface area contributed by atoms with Crippen molar-refractivity contribution in [3.8, 4) is 0 Å². The molecule has 1 aromatic heterocycles. The minimum absolute atomic E-state index is 0.0869. The van der Waals surface area contributed by atoms with Crippen LogP contribution in [0.5, 0.6) is 0 Å². The number of carbonyl (C=O) groups is 1. The zero-order chi connectivity index (χ0) is 20.6. The number of hydrogen-bond acceptors (Lipinski definition) is 5. The Kier molecular flexibility index (Phi) is 5.57. The van der Waals surface area contributed by atoms with Gasteiger partial charge in [-0.3, -0.25) is 4.79 Å². The van der Waals surface area contributed by atoms with Gasteiger partial charge in [0.25, 0.3) is 5.91 Å². The Morgan fingerprint density at radius 3 is 2.28 bits per heavy atom. The van der Waals surface area contributed by atoms with E-state index in [0.717, 1.165) is 61.9 Å². The first-order valence-corrected chi connectivity index (χ1v) is 11.3. The number of hydrogen-bond donors (Lipinski definition) is 1. The van der Waals surface area contributed by atoms with Crippen LogP contribution in [-0.2, 0) is 0 Å². The van der Waals surface area contributed by atoms with Gasteiger partial charge in [0.2, 0.25) is 0 Å². The molecule has 2 aliphatic heterocycles. The molecule has 2 aliphatic rings. The van der Waals surface area contributed by atoms with E-state index in [9.17, 15) is 4.79 Å². The summed E-state index contributed by atoms with van der Waals surface area (Å²) in [4.78, 5) is 17.7. The number of rotatable bonds is 2. The molecule has 154 valence electrons. The number of benzene rings is 1. The van der Waals surface area contributed by atoms with Gasteiger partial charge in [0.05, 0.1) is 5.69 Å². The van der Waals surface area contributed by atoms with E-state index in [-0.39, 0.29) is 11.3 Å². The number of thiocarbonyl (C=S) groups is 1. The Labute approximate surface area is 181 Å². The van der Waals surface area contributed by atoms with E-state index < -0.39 is 0 Å². The fourth-order valence-corrected chi connectivity index (χ4v) is 5.45.